The van der Waals surface area contributed by atoms with Crippen molar-refractivity contribution in [1.29, 1.82) is 0 Å². The zero-order valence-corrected chi connectivity index (χ0v) is 12.9. The fourth-order valence-electron chi connectivity index (χ4n) is 1.97. The van der Waals surface area contributed by atoms with E-state index in [0.29, 0.717) is 5.41 Å². The molecule has 0 heterocycles. The van der Waals surface area contributed by atoms with E-state index in [4.69, 9.17) is 4.74 Å². The lowest BCUT2D eigenvalue weighted by atomic mass is 9.96. The molecular formula is C15H33NO. The third-order valence-electron chi connectivity index (χ3n) is 2.68. The number of rotatable bonds is 9. The molecule has 2 heteroatoms. The van der Waals surface area contributed by atoms with Crippen molar-refractivity contribution in [1.82, 2.24) is 4.90 Å². The molecule has 0 N–H and O–H groups in total. The zero-order valence-electron chi connectivity index (χ0n) is 12.9. The number of hydrogen-bond acceptors (Lipinski definition) is 2. The second kappa shape index (κ2) is 8.93. The molecule has 0 aromatic heterocycles. The largest absolute Gasteiger partial charge is 0.380 e. The van der Waals surface area contributed by atoms with Crippen molar-refractivity contribution >= 4 is 0 Å². The number of hydrogen-bond donors (Lipinski definition) is 0. The van der Waals surface area contributed by atoms with Crippen LogP contribution in [0.4, 0.5) is 0 Å². The molecule has 0 fully saturated rings. The molecule has 0 unspecified atom stereocenters. The Kier molecular flexibility index (Phi) is 8.89. The highest BCUT2D eigenvalue weighted by Gasteiger charge is 2.12. The van der Waals surface area contributed by atoms with Gasteiger partial charge in [0, 0.05) is 19.7 Å². The summed E-state index contributed by atoms with van der Waals surface area (Å²) >= 11 is 0. The van der Waals surface area contributed by atoms with Crippen LogP contribution in [0.25, 0.3) is 0 Å². The fourth-order valence-corrected chi connectivity index (χ4v) is 1.97. The van der Waals surface area contributed by atoms with E-state index in [-0.39, 0.29) is 0 Å². The maximum atomic E-state index is 5.66. The van der Waals surface area contributed by atoms with Crippen molar-refractivity contribution in [3.8, 4) is 0 Å². The van der Waals surface area contributed by atoms with Crippen LogP contribution in [0.2, 0.25) is 0 Å². The van der Waals surface area contributed by atoms with Gasteiger partial charge in [0.2, 0.25) is 0 Å². The second-order valence-corrected chi connectivity index (χ2v) is 6.80. The number of nitrogens with zero attached hydrogens (tertiary/aromatic N) is 1. The highest BCUT2D eigenvalue weighted by Crippen LogP contribution is 2.13. The molecule has 0 aliphatic rings. The first kappa shape index (κ1) is 16.9. The maximum Gasteiger partial charge on any atom is 0.0593 e. The summed E-state index contributed by atoms with van der Waals surface area (Å²) in [6.07, 6.45) is 3.84. The minimum Gasteiger partial charge on any atom is -0.380 e. The van der Waals surface area contributed by atoms with E-state index in [0.717, 1.165) is 32.2 Å². The van der Waals surface area contributed by atoms with Gasteiger partial charge in [-0.25, -0.2) is 0 Å². The van der Waals surface area contributed by atoms with Crippen molar-refractivity contribution < 1.29 is 4.74 Å². The molecule has 0 saturated heterocycles. The van der Waals surface area contributed by atoms with Gasteiger partial charge in [0.05, 0.1) is 6.61 Å². The van der Waals surface area contributed by atoms with Gasteiger partial charge in [-0.1, -0.05) is 47.5 Å². The van der Waals surface area contributed by atoms with Gasteiger partial charge >= 0.3 is 0 Å². The molecule has 0 bridgehead atoms. The van der Waals surface area contributed by atoms with E-state index >= 15 is 0 Å². The Hall–Kier alpha value is -0.0800. The third-order valence-corrected chi connectivity index (χ3v) is 2.68. The van der Waals surface area contributed by atoms with Gasteiger partial charge in [-0.15, -0.1) is 0 Å². The molecule has 17 heavy (non-hydrogen) atoms. The Morgan fingerprint density at radius 3 is 2.24 bits per heavy atom. The smallest absolute Gasteiger partial charge is 0.0593 e. The van der Waals surface area contributed by atoms with Crippen LogP contribution in [0.3, 0.4) is 0 Å². The molecule has 0 aliphatic carbocycles. The maximum absolute atomic E-state index is 5.66. The lowest BCUT2D eigenvalue weighted by Gasteiger charge is -2.26. The predicted molar refractivity (Wildman–Crippen MR) is 76.5 cm³/mol. The molecule has 2 nitrogen and oxygen atoms in total. The third kappa shape index (κ3) is 13.9. The van der Waals surface area contributed by atoms with Crippen LogP contribution in [-0.2, 0) is 4.74 Å². The van der Waals surface area contributed by atoms with Gasteiger partial charge in [-0.3, -0.25) is 0 Å². The van der Waals surface area contributed by atoms with E-state index in [1.165, 1.54) is 19.3 Å². The summed E-state index contributed by atoms with van der Waals surface area (Å²) in [7, 11) is 2.17. The molecule has 104 valence electrons. The highest BCUT2D eigenvalue weighted by molar-refractivity contribution is 4.66. The summed E-state index contributed by atoms with van der Waals surface area (Å²) < 4.78 is 5.66. The van der Waals surface area contributed by atoms with Gasteiger partial charge in [-0.05, 0) is 24.8 Å². The van der Waals surface area contributed by atoms with E-state index in [9.17, 15) is 0 Å². The summed E-state index contributed by atoms with van der Waals surface area (Å²) in [5.41, 5.74) is 0.381. The van der Waals surface area contributed by atoms with Crippen molar-refractivity contribution in [2.24, 2.45) is 11.3 Å². The normalized spacial score (nSPS) is 12.7. The van der Waals surface area contributed by atoms with Gasteiger partial charge in [0.1, 0.15) is 0 Å². The molecule has 0 aromatic carbocycles. The van der Waals surface area contributed by atoms with Gasteiger partial charge in [0.15, 0.2) is 0 Å². The van der Waals surface area contributed by atoms with Crippen LogP contribution in [0.5, 0.6) is 0 Å². The molecule has 0 amide bonds. The van der Waals surface area contributed by atoms with Gasteiger partial charge < -0.3 is 9.64 Å². The van der Waals surface area contributed by atoms with E-state index < -0.39 is 0 Å². The van der Waals surface area contributed by atoms with Gasteiger partial charge in [-0.2, -0.15) is 0 Å². The fraction of sp³-hybridized carbons (Fsp3) is 1.00. The molecule has 0 aliphatic heterocycles. The predicted octanol–water partition coefficient (Wildman–Crippen LogP) is 3.81. The first-order valence-corrected chi connectivity index (χ1v) is 7.07. The second-order valence-electron chi connectivity index (χ2n) is 6.80. The Morgan fingerprint density at radius 2 is 1.71 bits per heavy atom. The molecule has 0 aromatic rings. The topological polar surface area (TPSA) is 12.5 Å². The molecule has 0 atom stereocenters. The van der Waals surface area contributed by atoms with Crippen LogP contribution in [0.15, 0.2) is 0 Å². The van der Waals surface area contributed by atoms with Crippen LogP contribution in [0.1, 0.15) is 53.9 Å². The minimum atomic E-state index is 0.381. The quantitative estimate of drug-likeness (QED) is 0.571. The zero-order chi connectivity index (χ0) is 13.3. The summed E-state index contributed by atoms with van der Waals surface area (Å²) in [4.78, 5) is 2.36. The Balaban J connectivity index is 3.28. The first-order chi connectivity index (χ1) is 7.81. The van der Waals surface area contributed by atoms with Crippen LogP contribution in [-0.4, -0.2) is 38.3 Å². The molecule has 0 radical (unpaired) electrons. The summed E-state index contributed by atoms with van der Waals surface area (Å²) in [6, 6.07) is 0. The van der Waals surface area contributed by atoms with E-state index in [1.54, 1.807) is 0 Å². The molecule has 0 spiro atoms. The van der Waals surface area contributed by atoms with Crippen molar-refractivity contribution in [3.63, 3.8) is 0 Å². The van der Waals surface area contributed by atoms with Gasteiger partial charge in [0.25, 0.3) is 0 Å². The van der Waals surface area contributed by atoms with E-state index in [2.05, 4.69) is 46.6 Å². The number of unbranched alkanes of at least 4 members (excludes halogenated alkanes) is 1. The van der Waals surface area contributed by atoms with Crippen LogP contribution in [0, 0.1) is 11.3 Å². The SMILES string of the molecule is CC(C)CCCCOCCN(C)CC(C)(C)C. The Bertz CT molecular complexity index is 172. The lowest BCUT2D eigenvalue weighted by molar-refractivity contribution is 0.0977. The van der Waals surface area contributed by atoms with Crippen LogP contribution < -0.4 is 0 Å². The number of likely N-dealkylation sites (N-methyl/N-ethyl adjacent to an activating group) is 1. The standard InChI is InChI=1S/C15H33NO/c1-14(2)9-7-8-11-17-12-10-16(6)13-15(3,4)5/h14H,7-13H2,1-6H3. The molecular weight excluding hydrogens is 210 g/mol. The van der Waals surface area contributed by atoms with E-state index in [1.807, 2.05) is 0 Å². The Labute approximate surface area is 109 Å². The highest BCUT2D eigenvalue weighted by atomic mass is 16.5. The average molecular weight is 243 g/mol. The lowest BCUT2D eigenvalue weighted by Crippen LogP contribution is -2.32. The summed E-state index contributed by atoms with van der Waals surface area (Å²) in [6.45, 7) is 15.4. The minimum absolute atomic E-state index is 0.381. The van der Waals surface area contributed by atoms with Crippen molar-refractivity contribution in [3.05, 3.63) is 0 Å². The van der Waals surface area contributed by atoms with Crippen molar-refractivity contribution in [2.45, 2.75) is 53.9 Å². The average Bonchev–Trinajstić information content (AvgIpc) is 2.12. The molecule has 0 rings (SSSR count). The summed E-state index contributed by atoms with van der Waals surface area (Å²) in [5.74, 6) is 0.827. The number of ether oxygens (including phenoxy) is 1. The summed E-state index contributed by atoms with van der Waals surface area (Å²) in [5, 5.41) is 0. The monoisotopic (exact) mass is 243 g/mol. The Morgan fingerprint density at radius 1 is 1.06 bits per heavy atom. The van der Waals surface area contributed by atoms with Crippen LogP contribution >= 0.6 is 0 Å². The van der Waals surface area contributed by atoms with Crippen molar-refractivity contribution in [2.75, 3.05) is 33.4 Å². The molecule has 0 saturated carbocycles. The first-order valence-electron chi connectivity index (χ1n) is 7.07.